The first kappa shape index (κ1) is 18.8. The molecule has 0 aromatic carbocycles. The summed E-state index contributed by atoms with van der Waals surface area (Å²) in [6.45, 7) is 3.62. The molecular weight excluding hydrogens is 316 g/mol. The molecule has 2 rings (SSSR count). The number of nitrogens with one attached hydrogen (secondary N) is 1. The third kappa shape index (κ3) is 5.52. The van der Waals surface area contributed by atoms with E-state index in [2.05, 4.69) is 20.1 Å². The molecule has 9 nitrogen and oxygen atoms in total. The summed E-state index contributed by atoms with van der Waals surface area (Å²) in [5.41, 5.74) is 2.10. The van der Waals surface area contributed by atoms with Crippen molar-refractivity contribution in [3.63, 3.8) is 0 Å². The van der Waals surface area contributed by atoms with E-state index in [0.29, 0.717) is 11.4 Å². The van der Waals surface area contributed by atoms with Crippen LogP contribution in [0.5, 0.6) is 0 Å². The highest BCUT2D eigenvalue weighted by molar-refractivity contribution is 5.91. The second kappa shape index (κ2) is 9.03. The number of anilines is 1. The summed E-state index contributed by atoms with van der Waals surface area (Å²) >= 11 is 0. The fourth-order valence-corrected chi connectivity index (χ4v) is 1.86. The quantitative estimate of drug-likeness (QED) is 0.632. The standard InChI is InChI=1S/C14H16N4O3.CH2O2/c1-9-6-10(2)18(17-9)8-13(19)16-12-5-4-11(7-15-12)14(20)21-3;2-1-3/h4-7H,8H2,1-3H3,(H,15,16,19);1H,(H,2,3). The number of carbonyl (C=O) groups is 3. The predicted molar refractivity (Wildman–Crippen MR) is 84.6 cm³/mol. The molecule has 0 aliphatic heterocycles. The van der Waals surface area contributed by atoms with Gasteiger partial charge in [-0.15, -0.1) is 0 Å². The monoisotopic (exact) mass is 334 g/mol. The van der Waals surface area contributed by atoms with E-state index in [4.69, 9.17) is 9.90 Å². The number of amides is 1. The van der Waals surface area contributed by atoms with Crippen LogP contribution in [-0.2, 0) is 20.9 Å². The maximum absolute atomic E-state index is 11.9. The largest absolute Gasteiger partial charge is 0.483 e. The summed E-state index contributed by atoms with van der Waals surface area (Å²) in [6, 6.07) is 4.99. The minimum atomic E-state index is -0.469. The van der Waals surface area contributed by atoms with Crippen LogP contribution in [-0.4, -0.2) is 45.3 Å². The van der Waals surface area contributed by atoms with Crippen molar-refractivity contribution >= 4 is 24.2 Å². The Morgan fingerprint density at radius 3 is 2.50 bits per heavy atom. The second-order valence-electron chi connectivity index (χ2n) is 4.66. The number of hydrogen-bond donors (Lipinski definition) is 2. The van der Waals surface area contributed by atoms with Crippen molar-refractivity contribution in [2.45, 2.75) is 20.4 Å². The van der Waals surface area contributed by atoms with E-state index in [1.54, 1.807) is 10.7 Å². The lowest BCUT2D eigenvalue weighted by molar-refractivity contribution is -0.123. The van der Waals surface area contributed by atoms with Crippen molar-refractivity contribution in [3.05, 3.63) is 41.3 Å². The number of rotatable bonds is 4. The summed E-state index contributed by atoms with van der Waals surface area (Å²) in [5.74, 6) is -0.336. The molecule has 0 atom stereocenters. The van der Waals surface area contributed by atoms with Crippen LogP contribution in [0.3, 0.4) is 0 Å². The third-order valence-corrected chi connectivity index (χ3v) is 2.85. The summed E-state index contributed by atoms with van der Waals surface area (Å²) in [5, 5.41) is 13.8. The smallest absolute Gasteiger partial charge is 0.339 e. The normalized spacial score (nSPS) is 9.46. The molecule has 0 radical (unpaired) electrons. The van der Waals surface area contributed by atoms with Gasteiger partial charge in [0.25, 0.3) is 6.47 Å². The van der Waals surface area contributed by atoms with Gasteiger partial charge in [0.2, 0.25) is 5.91 Å². The topological polar surface area (TPSA) is 123 Å². The Bertz CT molecular complexity index is 709. The molecule has 0 aliphatic rings. The zero-order chi connectivity index (χ0) is 18.1. The Morgan fingerprint density at radius 2 is 2.04 bits per heavy atom. The van der Waals surface area contributed by atoms with Crippen LogP contribution >= 0.6 is 0 Å². The number of carbonyl (C=O) groups excluding carboxylic acids is 2. The molecule has 2 heterocycles. The van der Waals surface area contributed by atoms with Crippen molar-refractivity contribution in [1.29, 1.82) is 0 Å². The van der Waals surface area contributed by atoms with E-state index < -0.39 is 5.97 Å². The average Bonchev–Trinajstić information content (AvgIpc) is 2.85. The maximum atomic E-state index is 11.9. The van der Waals surface area contributed by atoms with Crippen molar-refractivity contribution < 1.29 is 24.2 Å². The first-order chi connectivity index (χ1) is 11.4. The van der Waals surface area contributed by atoms with Crippen LogP contribution < -0.4 is 5.32 Å². The van der Waals surface area contributed by atoms with Gasteiger partial charge in [-0.05, 0) is 32.0 Å². The summed E-state index contributed by atoms with van der Waals surface area (Å²) < 4.78 is 6.19. The van der Waals surface area contributed by atoms with E-state index in [1.165, 1.54) is 19.4 Å². The van der Waals surface area contributed by atoms with E-state index >= 15 is 0 Å². The molecule has 0 spiro atoms. The van der Waals surface area contributed by atoms with Crippen LogP contribution in [0.1, 0.15) is 21.7 Å². The molecule has 2 N–H and O–H groups in total. The third-order valence-electron chi connectivity index (χ3n) is 2.85. The number of carboxylic acid groups (broad SMARTS) is 1. The maximum Gasteiger partial charge on any atom is 0.339 e. The van der Waals surface area contributed by atoms with Gasteiger partial charge >= 0.3 is 5.97 Å². The average molecular weight is 334 g/mol. The van der Waals surface area contributed by atoms with E-state index in [-0.39, 0.29) is 18.9 Å². The molecule has 0 unspecified atom stereocenters. The Morgan fingerprint density at radius 1 is 1.38 bits per heavy atom. The van der Waals surface area contributed by atoms with Crippen molar-refractivity contribution in [1.82, 2.24) is 14.8 Å². The van der Waals surface area contributed by atoms with Gasteiger partial charge in [0, 0.05) is 11.9 Å². The Labute approximate surface area is 138 Å². The molecule has 0 aliphatic carbocycles. The van der Waals surface area contributed by atoms with Crippen molar-refractivity contribution in [2.24, 2.45) is 0 Å². The number of pyridine rings is 1. The van der Waals surface area contributed by atoms with Gasteiger partial charge in [-0.3, -0.25) is 14.3 Å². The highest BCUT2D eigenvalue weighted by Gasteiger charge is 2.09. The van der Waals surface area contributed by atoms with Gasteiger partial charge in [-0.25, -0.2) is 9.78 Å². The Balaban J connectivity index is 0.000000891. The van der Waals surface area contributed by atoms with Gasteiger partial charge in [0.1, 0.15) is 12.4 Å². The first-order valence-electron chi connectivity index (χ1n) is 6.84. The van der Waals surface area contributed by atoms with Crippen LogP contribution in [0.25, 0.3) is 0 Å². The fourth-order valence-electron chi connectivity index (χ4n) is 1.86. The molecule has 0 saturated carbocycles. The zero-order valence-corrected chi connectivity index (χ0v) is 13.5. The number of ether oxygens (including phenoxy) is 1. The molecule has 9 heteroatoms. The van der Waals surface area contributed by atoms with Gasteiger partial charge in [0.15, 0.2) is 0 Å². The number of hydrogen-bond acceptors (Lipinski definition) is 6. The van der Waals surface area contributed by atoms with Gasteiger partial charge < -0.3 is 15.2 Å². The van der Waals surface area contributed by atoms with Crippen LogP contribution in [0.15, 0.2) is 24.4 Å². The number of esters is 1. The summed E-state index contributed by atoms with van der Waals surface area (Å²) in [4.78, 5) is 35.5. The van der Waals surface area contributed by atoms with Gasteiger partial charge in [-0.1, -0.05) is 0 Å². The zero-order valence-electron chi connectivity index (χ0n) is 13.5. The number of methoxy groups -OCH3 is 1. The van der Waals surface area contributed by atoms with Crippen LogP contribution in [0.2, 0.25) is 0 Å². The second-order valence-corrected chi connectivity index (χ2v) is 4.66. The van der Waals surface area contributed by atoms with Gasteiger partial charge in [0.05, 0.1) is 18.4 Å². The highest BCUT2D eigenvalue weighted by Crippen LogP contribution is 2.07. The molecule has 0 bridgehead atoms. The van der Waals surface area contributed by atoms with Crippen molar-refractivity contribution in [2.75, 3.05) is 12.4 Å². The molecule has 0 saturated heterocycles. The molecular formula is C15H18N4O5. The van der Waals surface area contributed by atoms with E-state index in [0.717, 1.165) is 11.4 Å². The minimum absolute atomic E-state index is 0.111. The number of aryl methyl sites for hydroxylation is 2. The summed E-state index contributed by atoms with van der Waals surface area (Å²) in [7, 11) is 1.30. The molecule has 128 valence electrons. The molecule has 1 amide bonds. The predicted octanol–water partition coefficient (Wildman–Crippen LogP) is 1.02. The number of nitrogens with zero attached hydrogens (tertiary/aromatic N) is 3. The molecule has 24 heavy (non-hydrogen) atoms. The summed E-state index contributed by atoms with van der Waals surface area (Å²) in [6.07, 6.45) is 1.35. The first-order valence-corrected chi connectivity index (χ1v) is 6.84. The SMILES string of the molecule is COC(=O)c1ccc(NC(=O)Cn2nc(C)cc2C)nc1.O=CO. The highest BCUT2D eigenvalue weighted by atomic mass is 16.5. The molecule has 0 fully saturated rings. The van der Waals surface area contributed by atoms with Crippen LogP contribution in [0.4, 0.5) is 5.82 Å². The molecule has 2 aromatic heterocycles. The van der Waals surface area contributed by atoms with E-state index in [9.17, 15) is 9.59 Å². The van der Waals surface area contributed by atoms with Crippen LogP contribution in [0, 0.1) is 13.8 Å². The van der Waals surface area contributed by atoms with Crippen molar-refractivity contribution in [3.8, 4) is 0 Å². The Kier molecular flexibility index (Phi) is 7.08. The number of aromatic nitrogens is 3. The fraction of sp³-hybridized carbons (Fsp3) is 0.267. The molecule has 2 aromatic rings. The lowest BCUT2D eigenvalue weighted by Gasteiger charge is -2.06. The van der Waals surface area contributed by atoms with Gasteiger partial charge in [-0.2, -0.15) is 5.10 Å². The van der Waals surface area contributed by atoms with E-state index in [1.807, 2.05) is 19.9 Å². The Hall–Kier alpha value is -3.23. The lowest BCUT2D eigenvalue weighted by Crippen LogP contribution is -2.21. The minimum Gasteiger partial charge on any atom is -0.483 e. The lowest BCUT2D eigenvalue weighted by atomic mass is 10.3.